The molecule has 0 aromatic heterocycles. The van der Waals surface area contributed by atoms with Crippen molar-refractivity contribution >= 4 is 29.7 Å². The molecule has 12 heteroatoms. The summed E-state index contributed by atoms with van der Waals surface area (Å²) in [6.45, 7) is 9.93. The van der Waals surface area contributed by atoms with Crippen molar-refractivity contribution in [1.29, 1.82) is 0 Å². The normalized spacial score (nSPS) is 22.5. The fourth-order valence-corrected chi connectivity index (χ4v) is 4.65. The van der Waals surface area contributed by atoms with Gasteiger partial charge in [-0.2, -0.15) is 0 Å². The van der Waals surface area contributed by atoms with Crippen LogP contribution in [0.3, 0.4) is 0 Å². The number of unbranched alkanes of at least 4 members (excludes halogenated alkanes) is 2. The van der Waals surface area contributed by atoms with Gasteiger partial charge in [0.2, 0.25) is 11.8 Å². The molecule has 0 radical (unpaired) electrons. The topological polar surface area (TPSA) is 156 Å². The molecular formula is C30H52N2O10. The van der Waals surface area contributed by atoms with Crippen LogP contribution >= 0.6 is 0 Å². The smallest absolute Gasteiger partial charge is 0.306 e. The molecule has 1 heterocycles. The summed E-state index contributed by atoms with van der Waals surface area (Å²) >= 11 is 0. The molecule has 1 aliphatic rings. The van der Waals surface area contributed by atoms with Gasteiger partial charge < -0.3 is 34.3 Å². The van der Waals surface area contributed by atoms with E-state index in [2.05, 4.69) is 17.6 Å². The van der Waals surface area contributed by atoms with Crippen molar-refractivity contribution in [2.75, 3.05) is 33.4 Å². The number of ether oxygens (including phenoxy) is 5. The molecule has 0 saturated carbocycles. The third-order valence-electron chi connectivity index (χ3n) is 7.54. The fourth-order valence-electron chi connectivity index (χ4n) is 4.65. The minimum atomic E-state index is -0.623. The van der Waals surface area contributed by atoms with Gasteiger partial charge in [-0.05, 0) is 31.6 Å². The molecule has 242 valence electrons. The first-order valence-electron chi connectivity index (χ1n) is 15.2. The first-order valence-corrected chi connectivity index (χ1v) is 15.2. The van der Waals surface area contributed by atoms with E-state index in [0.29, 0.717) is 39.0 Å². The summed E-state index contributed by atoms with van der Waals surface area (Å²) < 4.78 is 27.8. The standard InChI is InChI=1S/C30H52N2O10/c1-7-24(18-40-28(37)15-14-26(35)31-6)12-8-10-16-32-27(36)13-9-11-17-38-30-21(3)20(2)29(41-23(5)34)25(42-30)19-39-22(4)33/h20-21,24-25,29-30H,7-19H2,1-6H3,(H,31,35)(H,32,36). The second kappa shape index (κ2) is 21.0. The van der Waals surface area contributed by atoms with Gasteiger partial charge in [0.1, 0.15) is 18.8 Å². The van der Waals surface area contributed by atoms with E-state index in [0.717, 1.165) is 25.7 Å². The molecule has 6 unspecified atom stereocenters. The number of hydrogen-bond donors (Lipinski definition) is 2. The molecular weight excluding hydrogens is 548 g/mol. The highest BCUT2D eigenvalue weighted by atomic mass is 16.7. The molecule has 0 aromatic carbocycles. The molecule has 0 aliphatic carbocycles. The number of carbonyl (C=O) groups is 5. The quantitative estimate of drug-likeness (QED) is 0.121. The SMILES string of the molecule is CCC(CCCCNC(=O)CCCCOC1OC(COC(C)=O)C(OC(C)=O)C(C)C1C)COC(=O)CCC(=O)NC. The highest BCUT2D eigenvalue weighted by Crippen LogP contribution is 2.33. The van der Waals surface area contributed by atoms with Gasteiger partial charge in [0.15, 0.2) is 6.29 Å². The van der Waals surface area contributed by atoms with E-state index in [1.807, 2.05) is 13.8 Å². The Morgan fingerprint density at radius 1 is 0.857 bits per heavy atom. The molecule has 1 aliphatic heterocycles. The number of hydrogen-bond acceptors (Lipinski definition) is 10. The lowest BCUT2D eigenvalue weighted by Gasteiger charge is -2.43. The summed E-state index contributed by atoms with van der Waals surface area (Å²) in [7, 11) is 1.53. The van der Waals surface area contributed by atoms with Crippen LogP contribution in [0.2, 0.25) is 0 Å². The van der Waals surface area contributed by atoms with Crippen LogP contribution in [0.5, 0.6) is 0 Å². The lowest BCUT2D eigenvalue weighted by Crippen LogP contribution is -2.53. The molecule has 42 heavy (non-hydrogen) atoms. The van der Waals surface area contributed by atoms with Crippen LogP contribution < -0.4 is 10.6 Å². The van der Waals surface area contributed by atoms with Crippen molar-refractivity contribution in [2.45, 2.75) is 111 Å². The van der Waals surface area contributed by atoms with Gasteiger partial charge in [0.25, 0.3) is 0 Å². The second-order valence-electron chi connectivity index (χ2n) is 10.9. The zero-order valence-electron chi connectivity index (χ0n) is 26.2. The summed E-state index contributed by atoms with van der Waals surface area (Å²) in [6.07, 6.45) is 3.78. The van der Waals surface area contributed by atoms with Crippen molar-refractivity contribution < 1.29 is 47.7 Å². The Morgan fingerprint density at radius 3 is 2.24 bits per heavy atom. The van der Waals surface area contributed by atoms with Crippen LogP contribution in [0.15, 0.2) is 0 Å². The summed E-state index contributed by atoms with van der Waals surface area (Å²) in [5.74, 6) is -1.28. The van der Waals surface area contributed by atoms with Crippen LogP contribution in [0.4, 0.5) is 0 Å². The second-order valence-corrected chi connectivity index (χ2v) is 10.9. The molecule has 2 N–H and O–H groups in total. The lowest BCUT2D eigenvalue weighted by molar-refractivity contribution is -0.273. The van der Waals surface area contributed by atoms with E-state index in [4.69, 9.17) is 23.7 Å². The third kappa shape index (κ3) is 15.5. The molecule has 2 amide bonds. The molecule has 1 fully saturated rings. The summed E-state index contributed by atoms with van der Waals surface area (Å²) in [6, 6.07) is 0. The van der Waals surface area contributed by atoms with Gasteiger partial charge in [-0.3, -0.25) is 24.0 Å². The molecule has 0 aromatic rings. The van der Waals surface area contributed by atoms with Gasteiger partial charge in [0, 0.05) is 58.7 Å². The molecule has 0 spiro atoms. The number of esters is 3. The maximum atomic E-state index is 12.2. The van der Waals surface area contributed by atoms with E-state index in [1.54, 1.807) is 0 Å². The van der Waals surface area contributed by atoms with Crippen LogP contribution in [-0.4, -0.2) is 81.6 Å². The molecule has 12 nitrogen and oxygen atoms in total. The van der Waals surface area contributed by atoms with Crippen molar-refractivity contribution in [3.05, 3.63) is 0 Å². The average Bonchev–Trinajstić information content (AvgIpc) is 2.95. The van der Waals surface area contributed by atoms with Crippen LogP contribution in [-0.2, 0) is 47.7 Å². The summed E-state index contributed by atoms with van der Waals surface area (Å²) in [4.78, 5) is 58.1. The van der Waals surface area contributed by atoms with Gasteiger partial charge in [-0.15, -0.1) is 0 Å². The minimum Gasteiger partial charge on any atom is -0.465 e. The van der Waals surface area contributed by atoms with E-state index in [9.17, 15) is 24.0 Å². The minimum absolute atomic E-state index is 0.00587. The fraction of sp³-hybridized carbons (Fsp3) is 0.833. The van der Waals surface area contributed by atoms with Crippen molar-refractivity contribution in [2.24, 2.45) is 17.8 Å². The van der Waals surface area contributed by atoms with Crippen molar-refractivity contribution in [1.82, 2.24) is 10.6 Å². The highest BCUT2D eigenvalue weighted by molar-refractivity contribution is 5.81. The number of amides is 2. The zero-order valence-corrected chi connectivity index (χ0v) is 26.2. The van der Waals surface area contributed by atoms with E-state index in [1.165, 1.54) is 20.9 Å². The predicted molar refractivity (Wildman–Crippen MR) is 154 cm³/mol. The maximum Gasteiger partial charge on any atom is 0.306 e. The summed E-state index contributed by atoms with van der Waals surface area (Å²) in [5.41, 5.74) is 0. The van der Waals surface area contributed by atoms with Crippen molar-refractivity contribution in [3.8, 4) is 0 Å². The molecule has 1 rings (SSSR count). The van der Waals surface area contributed by atoms with Crippen molar-refractivity contribution in [3.63, 3.8) is 0 Å². The Hall–Kier alpha value is -2.73. The van der Waals surface area contributed by atoms with Gasteiger partial charge in [-0.1, -0.05) is 33.6 Å². The third-order valence-corrected chi connectivity index (χ3v) is 7.54. The Morgan fingerprint density at radius 2 is 1.60 bits per heavy atom. The largest absolute Gasteiger partial charge is 0.465 e. The van der Waals surface area contributed by atoms with Gasteiger partial charge >= 0.3 is 17.9 Å². The molecule has 6 atom stereocenters. The Balaban J connectivity index is 2.23. The monoisotopic (exact) mass is 600 g/mol. The van der Waals surface area contributed by atoms with Crippen LogP contribution in [0.25, 0.3) is 0 Å². The first kappa shape index (κ1) is 37.3. The number of carbonyl (C=O) groups excluding carboxylic acids is 5. The first-order chi connectivity index (χ1) is 20.0. The van der Waals surface area contributed by atoms with Crippen LogP contribution in [0.1, 0.15) is 92.4 Å². The summed E-state index contributed by atoms with van der Waals surface area (Å²) in [5, 5.41) is 5.43. The Bertz CT molecular complexity index is 852. The van der Waals surface area contributed by atoms with Crippen LogP contribution in [0, 0.1) is 17.8 Å². The van der Waals surface area contributed by atoms with Gasteiger partial charge in [0.05, 0.1) is 13.0 Å². The molecule has 0 bridgehead atoms. The lowest BCUT2D eigenvalue weighted by atomic mass is 9.84. The zero-order chi connectivity index (χ0) is 31.5. The molecule has 1 saturated heterocycles. The van der Waals surface area contributed by atoms with Gasteiger partial charge in [-0.25, -0.2) is 0 Å². The maximum absolute atomic E-state index is 12.2. The highest BCUT2D eigenvalue weighted by Gasteiger charge is 2.44. The number of nitrogens with one attached hydrogen (secondary N) is 2. The Labute approximate surface area is 250 Å². The van der Waals surface area contributed by atoms with E-state index in [-0.39, 0.29) is 55.0 Å². The Kier molecular flexibility index (Phi) is 18.7. The average molecular weight is 601 g/mol. The van der Waals surface area contributed by atoms with E-state index < -0.39 is 30.4 Å². The van der Waals surface area contributed by atoms with E-state index >= 15 is 0 Å². The number of rotatable bonds is 20. The predicted octanol–water partition coefficient (Wildman–Crippen LogP) is 3.05.